The Morgan fingerprint density at radius 3 is 2.15 bits per heavy atom. The highest BCUT2D eigenvalue weighted by atomic mass is 16.7. The van der Waals surface area contributed by atoms with E-state index >= 15 is 0 Å². The zero-order chi connectivity index (χ0) is 14.9. The number of imide groups is 1. The van der Waals surface area contributed by atoms with Crippen LogP contribution in [0.1, 0.15) is 13.3 Å². The maximum absolute atomic E-state index is 12.0. The van der Waals surface area contributed by atoms with Crippen molar-refractivity contribution in [2.24, 2.45) is 0 Å². The molecule has 0 radical (unpaired) electrons. The normalized spacial score (nSPS) is 15.8. The first-order valence-electron chi connectivity index (χ1n) is 5.82. The molecule has 8 nitrogen and oxygen atoms in total. The molecule has 0 fully saturated rings. The van der Waals surface area contributed by atoms with Crippen molar-refractivity contribution in [3.05, 3.63) is 24.3 Å². The zero-order valence-electron chi connectivity index (χ0n) is 10.5. The third-order valence-electron chi connectivity index (χ3n) is 2.79. The summed E-state index contributed by atoms with van der Waals surface area (Å²) in [7, 11) is 0. The van der Waals surface area contributed by atoms with Gasteiger partial charge in [-0.25, -0.2) is 4.79 Å². The van der Waals surface area contributed by atoms with Crippen molar-refractivity contribution >= 4 is 17.8 Å². The quantitative estimate of drug-likeness (QED) is 0.723. The van der Waals surface area contributed by atoms with E-state index in [0.29, 0.717) is 4.73 Å². The predicted octanol–water partition coefficient (Wildman–Crippen LogP) is -0.442. The largest absolute Gasteiger partial charge is 0.492 e. The third-order valence-corrected chi connectivity index (χ3v) is 2.79. The molecule has 1 atom stereocenters. The molecule has 0 aliphatic carbocycles. The van der Waals surface area contributed by atoms with Gasteiger partial charge in [-0.15, -0.1) is 4.73 Å². The SMILES string of the molecule is CCC(C(=O)On1c(O)ccc1O)N1C(=O)C=CC1=O. The van der Waals surface area contributed by atoms with Crippen molar-refractivity contribution in [2.45, 2.75) is 19.4 Å². The maximum Gasteiger partial charge on any atom is 0.355 e. The zero-order valence-corrected chi connectivity index (χ0v) is 10.5. The lowest BCUT2D eigenvalue weighted by atomic mass is 10.2. The molecule has 0 aromatic carbocycles. The Bertz CT molecular complexity index is 566. The Kier molecular flexibility index (Phi) is 3.47. The number of aromatic hydroxyl groups is 2. The van der Waals surface area contributed by atoms with Gasteiger partial charge in [-0.1, -0.05) is 6.92 Å². The van der Waals surface area contributed by atoms with Crippen LogP contribution >= 0.6 is 0 Å². The van der Waals surface area contributed by atoms with E-state index in [4.69, 9.17) is 4.84 Å². The first-order chi connectivity index (χ1) is 9.45. The smallest absolute Gasteiger partial charge is 0.355 e. The van der Waals surface area contributed by atoms with Crippen molar-refractivity contribution in [1.82, 2.24) is 9.63 Å². The summed E-state index contributed by atoms with van der Waals surface area (Å²) in [6.45, 7) is 1.60. The number of nitrogens with zero attached hydrogens (tertiary/aromatic N) is 2. The van der Waals surface area contributed by atoms with Gasteiger partial charge in [0.15, 0.2) is 0 Å². The third kappa shape index (κ3) is 2.22. The minimum Gasteiger partial charge on any atom is -0.492 e. The molecule has 1 unspecified atom stereocenters. The minimum atomic E-state index is -1.13. The number of aromatic nitrogens is 1. The van der Waals surface area contributed by atoms with Crippen molar-refractivity contribution in [2.75, 3.05) is 0 Å². The van der Waals surface area contributed by atoms with Gasteiger partial charge in [-0.2, -0.15) is 0 Å². The van der Waals surface area contributed by atoms with Crippen LogP contribution in [-0.4, -0.2) is 43.7 Å². The first-order valence-corrected chi connectivity index (χ1v) is 5.82. The fraction of sp³-hybridized carbons (Fsp3) is 0.250. The molecule has 8 heteroatoms. The summed E-state index contributed by atoms with van der Waals surface area (Å²) in [5.74, 6) is -3.13. The van der Waals surface area contributed by atoms with Crippen LogP contribution in [-0.2, 0) is 14.4 Å². The summed E-state index contributed by atoms with van der Waals surface area (Å²) >= 11 is 0. The van der Waals surface area contributed by atoms with Crippen LogP contribution in [0.2, 0.25) is 0 Å². The van der Waals surface area contributed by atoms with Gasteiger partial charge < -0.3 is 15.1 Å². The average molecular weight is 280 g/mol. The Morgan fingerprint density at radius 1 is 1.20 bits per heavy atom. The summed E-state index contributed by atoms with van der Waals surface area (Å²) in [6.07, 6.45) is 2.26. The Balaban J connectivity index is 2.18. The van der Waals surface area contributed by atoms with E-state index in [2.05, 4.69) is 0 Å². The lowest BCUT2D eigenvalue weighted by molar-refractivity contribution is -0.158. The second-order valence-corrected chi connectivity index (χ2v) is 4.06. The topological polar surface area (TPSA) is 109 Å². The van der Waals surface area contributed by atoms with Gasteiger partial charge in [0.1, 0.15) is 6.04 Å². The van der Waals surface area contributed by atoms with Crippen LogP contribution in [0.4, 0.5) is 0 Å². The van der Waals surface area contributed by atoms with Crippen molar-refractivity contribution in [1.29, 1.82) is 0 Å². The Hall–Kier alpha value is -2.77. The van der Waals surface area contributed by atoms with Gasteiger partial charge in [0.25, 0.3) is 11.8 Å². The number of carbonyl (C=O) groups is 3. The van der Waals surface area contributed by atoms with Crippen molar-refractivity contribution < 1.29 is 29.4 Å². The van der Waals surface area contributed by atoms with E-state index in [-0.39, 0.29) is 6.42 Å². The number of hydrogen-bond acceptors (Lipinski definition) is 6. The van der Waals surface area contributed by atoms with E-state index in [1.807, 2.05) is 0 Å². The van der Waals surface area contributed by atoms with Gasteiger partial charge in [-0.05, 0) is 6.42 Å². The van der Waals surface area contributed by atoms with Crippen molar-refractivity contribution in [3.63, 3.8) is 0 Å². The lowest BCUT2D eigenvalue weighted by Gasteiger charge is -2.23. The molecule has 1 aromatic rings. The van der Waals surface area contributed by atoms with Crippen LogP contribution in [0.3, 0.4) is 0 Å². The van der Waals surface area contributed by atoms with Gasteiger partial charge in [-0.3, -0.25) is 14.5 Å². The highest BCUT2D eigenvalue weighted by Crippen LogP contribution is 2.20. The summed E-state index contributed by atoms with van der Waals surface area (Å²) in [4.78, 5) is 40.6. The fourth-order valence-electron chi connectivity index (χ4n) is 1.82. The molecule has 0 spiro atoms. The molecular formula is C12H12N2O6. The molecule has 0 saturated carbocycles. The van der Waals surface area contributed by atoms with Crippen LogP contribution in [0, 0.1) is 0 Å². The standard InChI is InChI=1S/C12H12N2O6/c1-2-7(13-8(15)3-4-9(13)16)12(19)20-14-10(17)5-6-11(14)18/h3-7,17-18H,2H2,1H3. The first kappa shape index (κ1) is 13.7. The predicted molar refractivity (Wildman–Crippen MR) is 64.4 cm³/mol. The molecule has 0 bridgehead atoms. The summed E-state index contributed by atoms with van der Waals surface area (Å²) in [5.41, 5.74) is 0. The van der Waals surface area contributed by atoms with E-state index < -0.39 is 35.6 Å². The Labute approximate surface area is 113 Å². The fourth-order valence-corrected chi connectivity index (χ4v) is 1.82. The van der Waals surface area contributed by atoms with Gasteiger partial charge in [0.2, 0.25) is 11.8 Å². The minimum absolute atomic E-state index is 0.140. The summed E-state index contributed by atoms with van der Waals surface area (Å²) in [5, 5.41) is 18.7. The van der Waals surface area contributed by atoms with E-state index in [9.17, 15) is 24.6 Å². The molecule has 2 N–H and O–H groups in total. The number of carbonyl (C=O) groups excluding carboxylic acids is 3. The number of amides is 2. The lowest BCUT2D eigenvalue weighted by Crippen LogP contribution is -2.47. The van der Waals surface area contributed by atoms with Gasteiger partial charge >= 0.3 is 5.97 Å². The van der Waals surface area contributed by atoms with Crippen LogP contribution in [0.15, 0.2) is 24.3 Å². The molecule has 1 aliphatic heterocycles. The van der Waals surface area contributed by atoms with Gasteiger partial charge in [0, 0.05) is 24.3 Å². The van der Waals surface area contributed by atoms with Gasteiger partial charge in [0.05, 0.1) is 0 Å². The van der Waals surface area contributed by atoms with Crippen molar-refractivity contribution in [3.8, 4) is 11.8 Å². The molecule has 20 heavy (non-hydrogen) atoms. The Morgan fingerprint density at radius 2 is 1.70 bits per heavy atom. The molecule has 2 rings (SSSR count). The monoisotopic (exact) mass is 280 g/mol. The number of hydrogen-bond donors (Lipinski definition) is 2. The number of rotatable bonds is 4. The molecule has 0 saturated heterocycles. The summed E-state index contributed by atoms with van der Waals surface area (Å²) in [6, 6.07) is 1.11. The highest BCUT2D eigenvalue weighted by molar-refractivity contribution is 6.14. The second-order valence-electron chi connectivity index (χ2n) is 4.06. The van der Waals surface area contributed by atoms with E-state index in [1.54, 1.807) is 6.92 Å². The molecule has 2 amide bonds. The maximum atomic E-state index is 12.0. The second kappa shape index (κ2) is 5.08. The van der Waals surface area contributed by atoms with E-state index in [1.165, 1.54) is 0 Å². The van der Waals surface area contributed by atoms with Crippen LogP contribution in [0.5, 0.6) is 11.8 Å². The molecule has 1 aliphatic rings. The summed E-state index contributed by atoms with van der Waals surface area (Å²) < 4.78 is 0.503. The van der Waals surface area contributed by atoms with E-state index in [0.717, 1.165) is 29.2 Å². The molecular weight excluding hydrogens is 268 g/mol. The van der Waals surface area contributed by atoms with Crippen LogP contribution in [0.25, 0.3) is 0 Å². The molecule has 2 heterocycles. The van der Waals surface area contributed by atoms with Crippen LogP contribution < -0.4 is 4.84 Å². The molecule has 1 aromatic heterocycles. The highest BCUT2D eigenvalue weighted by Gasteiger charge is 2.36. The average Bonchev–Trinajstić information content (AvgIpc) is 2.89. The molecule has 106 valence electrons.